The molecule has 2 aromatic carbocycles. The molecule has 0 saturated heterocycles. The van der Waals surface area contributed by atoms with Gasteiger partial charge in [-0.3, -0.25) is 4.79 Å². The molecule has 2 nitrogen and oxygen atoms in total. The highest BCUT2D eigenvalue weighted by Crippen LogP contribution is 2.26. The Morgan fingerprint density at radius 1 is 1.08 bits per heavy atom. The zero-order valence-electron chi connectivity index (χ0n) is 15.0. The van der Waals surface area contributed by atoms with Gasteiger partial charge < -0.3 is 4.74 Å². The summed E-state index contributed by atoms with van der Waals surface area (Å²) < 4.78 is 5.38. The van der Waals surface area contributed by atoms with Crippen LogP contribution < -0.4 is 4.74 Å². The van der Waals surface area contributed by atoms with Crippen LogP contribution in [0.15, 0.2) is 48.5 Å². The molecule has 0 saturated carbocycles. The Labute approximate surface area is 145 Å². The summed E-state index contributed by atoms with van der Waals surface area (Å²) in [6, 6.07) is 15.3. The van der Waals surface area contributed by atoms with Crippen molar-refractivity contribution in [3.05, 3.63) is 65.2 Å². The van der Waals surface area contributed by atoms with Crippen LogP contribution in [0.1, 0.15) is 61.0 Å². The zero-order valence-corrected chi connectivity index (χ0v) is 15.0. The number of carbonyl (C=O) groups is 1. The second-order valence-corrected chi connectivity index (χ2v) is 6.34. The summed E-state index contributed by atoms with van der Waals surface area (Å²) in [5.41, 5.74) is 2.65. The molecule has 0 aromatic heterocycles. The normalized spacial score (nSPS) is 12.0. The van der Waals surface area contributed by atoms with Crippen LogP contribution in [0.5, 0.6) is 5.75 Å². The van der Waals surface area contributed by atoms with E-state index in [2.05, 4.69) is 13.8 Å². The molecule has 128 valence electrons. The Morgan fingerprint density at radius 2 is 1.83 bits per heavy atom. The third-order valence-electron chi connectivity index (χ3n) is 4.64. The SMILES string of the molecule is CCCCC(CC)Cc1cc(OC)ccc1C(=O)c1ccccc1. The topological polar surface area (TPSA) is 26.3 Å². The molecular weight excluding hydrogens is 296 g/mol. The second-order valence-electron chi connectivity index (χ2n) is 6.34. The van der Waals surface area contributed by atoms with Gasteiger partial charge in [-0.2, -0.15) is 0 Å². The molecular formula is C22H28O2. The summed E-state index contributed by atoms with van der Waals surface area (Å²) in [4.78, 5) is 12.9. The molecule has 0 radical (unpaired) electrons. The third-order valence-corrected chi connectivity index (χ3v) is 4.64. The van der Waals surface area contributed by atoms with E-state index in [1.807, 2.05) is 48.5 Å². The van der Waals surface area contributed by atoms with Crippen molar-refractivity contribution >= 4 is 5.78 Å². The van der Waals surface area contributed by atoms with Crippen molar-refractivity contribution < 1.29 is 9.53 Å². The van der Waals surface area contributed by atoms with Crippen molar-refractivity contribution in [3.63, 3.8) is 0 Å². The van der Waals surface area contributed by atoms with Crippen LogP contribution in [-0.2, 0) is 6.42 Å². The number of benzene rings is 2. The monoisotopic (exact) mass is 324 g/mol. The molecule has 0 N–H and O–H groups in total. The number of unbranched alkanes of at least 4 members (excludes halogenated alkanes) is 1. The lowest BCUT2D eigenvalue weighted by molar-refractivity contribution is 0.103. The van der Waals surface area contributed by atoms with Gasteiger partial charge in [-0.05, 0) is 36.1 Å². The molecule has 0 spiro atoms. The van der Waals surface area contributed by atoms with Crippen LogP contribution in [0.2, 0.25) is 0 Å². The lowest BCUT2D eigenvalue weighted by Crippen LogP contribution is -2.10. The average Bonchev–Trinajstić information content (AvgIpc) is 2.65. The van der Waals surface area contributed by atoms with Crippen LogP contribution in [0.4, 0.5) is 0 Å². The Kier molecular flexibility index (Phi) is 7.05. The Morgan fingerprint density at radius 3 is 2.46 bits per heavy atom. The van der Waals surface area contributed by atoms with Gasteiger partial charge in [0.25, 0.3) is 0 Å². The minimum atomic E-state index is 0.0959. The Hall–Kier alpha value is -2.09. The van der Waals surface area contributed by atoms with Gasteiger partial charge in [0.1, 0.15) is 5.75 Å². The van der Waals surface area contributed by atoms with Crippen LogP contribution in [0.25, 0.3) is 0 Å². The van der Waals surface area contributed by atoms with E-state index in [9.17, 15) is 4.79 Å². The molecule has 1 unspecified atom stereocenters. The van der Waals surface area contributed by atoms with E-state index in [1.54, 1.807) is 7.11 Å². The van der Waals surface area contributed by atoms with E-state index in [-0.39, 0.29) is 5.78 Å². The van der Waals surface area contributed by atoms with Gasteiger partial charge in [0.05, 0.1) is 7.11 Å². The summed E-state index contributed by atoms with van der Waals surface area (Å²) in [5.74, 6) is 1.53. The van der Waals surface area contributed by atoms with Crippen molar-refractivity contribution in [3.8, 4) is 5.75 Å². The molecule has 0 amide bonds. The largest absolute Gasteiger partial charge is 0.497 e. The number of hydrogen-bond donors (Lipinski definition) is 0. The Balaban J connectivity index is 2.32. The lowest BCUT2D eigenvalue weighted by Gasteiger charge is -2.17. The highest BCUT2D eigenvalue weighted by molar-refractivity contribution is 6.10. The number of ketones is 1. The van der Waals surface area contributed by atoms with Crippen molar-refractivity contribution in [2.45, 2.75) is 46.0 Å². The van der Waals surface area contributed by atoms with Crippen molar-refractivity contribution in [2.24, 2.45) is 5.92 Å². The number of hydrogen-bond acceptors (Lipinski definition) is 2. The van der Waals surface area contributed by atoms with E-state index in [0.29, 0.717) is 5.92 Å². The Bertz CT molecular complexity index is 646. The molecule has 2 aromatic rings. The molecule has 2 heteroatoms. The number of ether oxygens (including phenoxy) is 1. The number of carbonyl (C=O) groups excluding carboxylic acids is 1. The minimum absolute atomic E-state index is 0.0959. The molecule has 1 atom stereocenters. The van der Waals surface area contributed by atoms with Gasteiger partial charge in [0.2, 0.25) is 0 Å². The van der Waals surface area contributed by atoms with Gasteiger partial charge in [-0.1, -0.05) is 69.9 Å². The maximum atomic E-state index is 12.9. The van der Waals surface area contributed by atoms with Gasteiger partial charge in [0.15, 0.2) is 5.78 Å². The first kappa shape index (κ1) is 18.3. The first-order chi connectivity index (χ1) is 11.7. The predicted octanol–water partition coefficient (Wildman–Crippen LogP) is 5.69. The summed E-state index contributed by atoms with van der Waals surface area (Å²) in [6.07, 6.45) is 5.73. The highest BCUT2D eigenvalue weighted by atomic mass is 16.5. The zero-order chi connectivity index (χ0) is 17.4. The van der Waals surface area contributed by atoms with Crippen LogP contribution in [0.3, 0.4) is 0 Å². The number of rotatable bonds is 9. The van der Waals surface area contributed by atoms with Gasteiger partial charge >= 0.3 is 0 Å². The fraction of sp³-hybridized carbons (Fsp3) is 0.409. The molecule has 0 aliphatic heterocycles. The average molecular weight is 324 g/mol. The smallest absolute Gasteiger partial charge is 0.193 e. The van der Waals surface area contributed by atoms with Crippen LogP contribution in [0, 0.1) is 5.92 Å². The molecule has 0 heterocycles. The number of methoxy groups -OCH3 is 1. The highest BCUT2D eigenvalue weighted by Gasteiger charge is 2.17. The molecule has 0 aliphatic rings. The quantitative estimate of drug-likeness (QED) is 0.554. The predicted molar refractivity (Wildman–Crippen MR) is 99.9 cm³/mol. The van der Waals surface area contributed by atoms with Crippen molar-refractivity contribution in [2.75, 3.05) is 7.11 Å². The first-order valence-corrected chi connectivity index (χ1v) is 8.96. The summed E-state index contributed by atoms with van der Waals surface area (Å²) in [5, 5.41) is 0. The summed E-state index contributed by atoms with van der Waals surface area (Å²) in [6.45, 7) is 4.46. The molecule has 0 fully saturated rings. The summed E-state index contributed by atoms with van der Waals surface area (Å²) in [7, 11) is 1.67. The maximum Gasteiger partial charge on any atom is 0.193 e. The van der Waals surface area contributed by atoms with Crippen LogP contribution >= 0.6 is 0 Å². The van der Waals surface area contributed by atoms with Crippen LogP contribution in [-0.4, -0.2) is 12.9 Å². The molecule has 24 heavy (non-hydrogen) atoms. The fourth-order valence-electron chi connectivity index (χ4n) is 3.09. The van der Waals surface area contributed by atoms with E-state index < -0.39 is 0 Å². The van der Waals surface area contributed by atoms with E-state index >= 15 is 0 Å². The molecule has 0 aliphatic carbocycles. The van der Waals surface area contributed by atoms with Crippen molar-refractivity contribution in [1.82, 2.24) is 0 Å². The summed E-state index contributed by atoms with van der Waals surface area (Å²) >= 11 is 0. The standard InChI is InChI=1S/C22H28O2/c1-4-6-10-17(5-2)15-19-16-20(24-3)13-14-21(19)22(23)18-11-8-7-9-12-18/h7-9,11-14,16-17H,4-6,10,15H2,1-3H3. The van der Waals surface area contributed by atoms with Crippen molar-refractivity contribution in [1.29, 1.82) is 0 Å². The fourth-order valence-corrected chi connectivity index (χ4v) is 3.09. The first-order valence-electron chi connectivity index (χ1n) is 8.96. The van der Waals surface area contributed by atoms with Gasteiger partial charge in [0, 0.05) is 11.1 Å². The maximum absolute atomic E-state index is 12.9. The minimum Gasteiger partial charge on any atom is -0.497 e. The molecule has 0 bridgehead atoms. The van der Waals surface area contributed by atoms with E-state index in [4.69, 9.17) is 4.74 Å². The van der Waals surface area contributed by atoms with E-state index in [0.717, 1.165) is 35.3 Å². The van der Waals surface area contributed by atoms with Gasteiger partial charge in [-0.25, -0.2) is 0 Å². The second kappa shape index (κ2) is 9.27. The van der Waals surface area contributed by atoms with E-state index in [1.165, 1.54) is 19.3 Å². The molecule has 2 rings (SSSR count). The third kappa shape index (κ3) is 4.70. The van der Waals surface area contributed by atoms with Gasteiger partial charge in [-0.15, -0.1) is 0 Å². The lowest BCUT2D eigenvalue weighted by atomic mass is 9.88.